The molecule has 0 bridgehead atoms. The van der Waals surface area contributed by atoms with E-state index in [4.69, 9.17) is 0 Å². The SMILES string of the molecule is C[C@@H]1CN(C)C(C)(Cc2ccc(Br)cc2)C1. The molecule has 1 saturated heterocycles. The molecule has 2 heteroatoms. The van der Waals surface area contributed by atoms with Gasteiger partial charge in [0.25, 0.3) is 0 Å². The van der Waals surface area contributed by atoms with Gasteiger partial charge >= 0.3 is 0 Å². The first-order chi connectivity index (χ1) is 7.49. The van der Waals surface area contributed by atoms with Crippen molar-refractivity contribution in [1.29, 1.82) is 0 Å². The van der Waals surface area contributed by atoms with Crippen LogP contribution in [0.25, 0.3) is 0 Å². The average Bonchev–Trinajstić information content (AvgIpc) is 2.44. The summed E-state index contributed by atoms with van der Waals surface area (Å²) in [5.41, 5.74) is 1.78. The molecule has 0 radical (unpaired) electrons. The van der Waals surface area contributed by atoms with Gasteiger partial charge in [0.1, 0.15) is 0 Å². The molecule has 0 aromatic heterocycles. The van der Waals surface area contributed by atoms with Crippen LogP contribution in [0.2, 0.25) is 0 Å². The van der Waals surface area contributed by atoms with Crippen LogP contribution in [-0.4, -0.2) is 24.0 Å². The van der Waals surface area contributed by atoms with Gasteiger partial charge in [-0.15, -0.1) is 0 Å². The average molecular weight is 282 g/mol. The zero-order valence-corrected chi connectivity index (χ0v) is 11.9. The van der Waals surface area contributed by atoms with E-state index in [2.05, 4.69) is 66.0 Å². The molecule has 1 fully saturated rings. The highest BCUT2D eigenvalue weighted by Gasteiger charge is 2.37. The van der Waals surface area contributed by atoms with Crippen LogP contribution >= 0.6 is 15.9 Å². The minimum atomic E-state index is 0.341. The molecule has 1 unspecified atom stereocenters. The molecule has 0 saturated carbocycles. The summed E-state index contributed by atoms with van der Waals surface area (Å²) in [5, 5.41) is 0. The lowest BCUT2D eigenvalue weighted by atomic mass is 9.88. The third-order valence-electron chi connectivity index (χ3n) is 3.79. The summed E-state index contributed by atoms with van der Waals surface area (Å²) < 4.78 is 1.16. The highest BCUT2D eigenvalue weighted by Crippen LogP contribution is 2.34. The number of hydrogen-bond donors (Lipinski definition) is 0. The maximum absolute atomic E-state index is 3.48. The van der Waals surface area contributed by atoms with Crippen molar-refractivity contribution in [2.75, 3.05) is 13.6 Å². The first-order valence-electron chi connectivity index (χ1n) is 5.95. The largest absolute Gasteiger partial charge is 0.300 e. The predicted octanol–water partition coefficient (Wildman–Crippen LogP) is 3.72. The van der Waals surface area contributed by atoms with Gasteiger partial charge in [-0.05, 0) is 50.4 Å². The normalized spacial score (nSPS) is 30.9. The lowest BCUT2D eigenvalue weighted by Crippen LogP contribution is -2.40. The molecule has 0 spiro atoms. The molecule has 1 nitrogen and oxygen atoms in total. The van der Waals surface area contributed by atoms with Gasteiger partial charge in [0, 0.05) is 16.6 Å². The van der Waals surface area contributed by atoms with Gasteiger partial charge in [0.05, 0.1) is 0 Å². The number of rotatable bonds is 2. The van der Waals surface area contributed by atoms with E-state index in [-0.39, 0.29) is 0 Å². The van der Waals surface area contributed by atoms with Crippen molar-refractivity contribution in [3.05, 3.63) is 34.3 Å². The molecular formula is C14H20BrN. The number of likely N-dealkylation sites (N-methyl/N-ethyl adjacent to an activating group) is 1. The Balaban J connectivity index is 2.12. The lowest BCUT2D eigenvalue weighted by Gasteiger charge is -2.32. The minimum Gasteiger partial charge on any atom is -0.300 e. The Morgan fingerprint density at radius 2 is 2.00 bits per heavy atom. The van der Waals surface area contributed by atoms with Crippen LogP contribution in [0.3, 0.4) is 0 Å². The lowest BCUT2D eigenvalue weighted by molar-refractivity contribution is 0.195. The number of halogens is 1. The Labute approximate surface area is 107 Å². The van der Waals surface area contributed by atoms with Crippen molar-refractivity contribution in [3.63, 3.8) is 0 Å². The molecule has 1 aliphatic heterocycles. The maximum Gasteiger partial charge on any atom is 0.0221 e. The van der Waals surface area contributed by atoms with Crippen LogP contribution in [0.4, 0.5) is 0 Å². The van der Waals surface area contributed by atoms with E-state index in [1.54, 1.807) is 0 Å². The third-order valence-corrected chi connectivity index (χ3v) is 4.32. The van der Waals surface area contributed by atoms with E-state index in [9.17, 15) is 0 Å². The van der Waals surface area contributed by atoms with E-state index in [0.717, 1.165) is 16.8 Å². The zero-order chi connectivity index (χ0) is 11.8. The zero-order valence-electron chi connectivity index (χ0n) is 10.3. The van der Waals surface area contributed by atoms with Crippen LogP contribution < -0.4 is 0 Å². The summed E-state index contributed by atoms with van der Waals surface area (Å²) >= 11 is 3.48. The van der Waals surface area contributed by atoms with Crippen LogP contribution in [-0.2, 0) is 6.42 Å². The van der Waals surface area contributed by atoms with Crippen LogP contribution in [0.5, 0.6) is 0 Å². The number of benzene rings is 1. The Hall–Kier alpha value is -0.340. The Morgan fingerprint density at radius 3 is 2.50 bits per heavy atom. The molecule has 1 aromatic rings. The molecule has 2 rings (SSSR count). The van der Waals surface area contributed by atoms with Crippen LogP contribution in [0.15, 0.2) is 28.7 Å². The third kappa shape index (κ3) is 2.49. The van der Waals surface area contributed by atoms with Gasteiger partial charge in [-0.1, -0.05) is 35.0 Å². The Morgan fingerprint density at radius 1 is 1.38 bits per heavy atom. The predicted molar refractivity (Wildman–Crippen MR) is 72.7 cm³/mol. The quantitative estimate of drug-likeness (QED) is 0.799. The monoisotopic (exact) mass is 281 g/mol. The van der Waals surface area contributed by atoms with Gasteiger partial charge in [-0.3, -0.25) is 0 Å². The fourth-order valence-electron chi connectivity index (χ4n) is 2.91. The molecule has 0 aliphatic carbocycles. The fourth-order valence-corrected chi connectivity index (χ4v) is 3.17. The van der Waals surface area contributed by atoms with E-state index >= 15 is 0 Å². The Bertz CT molecular complexity index is 360. The molecule has 1 aliphatic rings. The van der Waals surface area contributed by atoms with Crippen molar-refractivity contribution in [3.8, 4) is 0 Å². The molecular weight excluding hydrogens is 262 g/mol. The number of hydrogen-bond acceptors (Lipinski definition) is 1. The van der Waals surface area contributed by atoms with Crippen molar-refractivity contribution >= 4 is 15.9 Å². The van der Waals surface area contributed by atoms with Crippen molar-refractivity contribution < 1.29 is 0 Å². The van der Waals surface area contributed by atoms with Crippen LogP contribution in [0.1, 0.15) is 25.8 Å². The van der Waals surface area contributed by atoms with Crippen molar-refractivity contribution in [1.82, 2.24) is 4.90 Å². The highest BCUT2D eigenvalue weighted by molar-refractivity contribution is 9.10. The van der Waals surface area contributed by atoms with E-state index in [1.807, 2.05) is 0 Å². The topological polar surface area (TPSA) is 3.24 Å². The molecule has 0 amide bonds. The highest BCUT2D eigenvalue weighted by atomic mass is 79.9. The summed E-state index contributed by atoms with van der Waals surface area (Å²) in [7, 11) is 2.25. The fraction of sp³-hybridized carbons (Fsp3) is 0.571. The van der Waals surface area contributed by atoms with E-state index in [1.165, 1.54) is 18.5 Å². The second-order valence-corrected chi connectivity index (χ2v) is 6.41. The van der Waals surface area contributed by atoms with E-state index < -0.39 is 0 Å². The second-order valence-electron chi connectivity index (χ2n) is 5.49. The summed E-state index contributed by atoms with van der Waals surface area (Å²) in [5.74, 6) is 0.824. The molecule has 0 N–H and O–H groups in total. The molecule has 88 valence electrons. The first kappa shape index (κ1) is 12.1. The second kappa shape index (κ2) is 4.50. The number of likely N-dealkylation sites (tertiary alicyclic amines) is 1. The molecule has 16 heavy (non-hydrogen) atoms. The minimum absolute atomic E-state index is 0.341. The van der Waals surface area contributed by atoms with Crippen LogP contribution in [0, 0.1) is 5.92 Å². The van der Waals surface area contributed by atoms with Crippen molar-refractivity contribution in [2.45, 2.75) is 32.2 Å². The van der Waals surface area contributed by atoms with Gasteiger partial charge < -0.3 is 4.90 Å². The summed E-state index contributed by atoms with van der Waals surface area (Å²) in [6.07, 6.45) is 2.46. The molecule has 1 heterocycles. The van der Waals surface area contributed by atoms with Gasteiger partial charge in [-0.2, -0.15) is 0 Å². The van der Waals surface area contributed by atoms with Gasteiger partial charge in [0.2, 0.25) is 0 Å². The summed E-state index contributed by atoms with van der Waals surface area (Å²) in [6, 6.07) is 8.73. The van der Waals surface area contributed by atoms with E-state index in [0.29, 0.717) is 5.54 Å². The first-order valence-corrected chi connectivity index (χ1v) is 6.74. The van der Waals surface area contributed by atoms with Crippen molar-refractivity contribution in [2.24, 2.45) is 5.92 Å². The summed E-state index contributed by atoms with van der Waals surface area (Å²) in [4.78, 5) is 2.51. The standard InChI is InChI=1S/C14H20BrN/c1-11-8-14(2,16(3)10-11)9-12-4-6-13(15)7-5-12/h4-7,11H,8-10H2,1-3H3/t11-,14?/m0/s1. The maximum atomic E-state index is 3.48. The van der Waals surface area contributed by atoms with Gasteiger partial charge in [-0.25, -0.2) is 0 Å². The number of nitrogens with zero attached hydrogens (tertiary/aromatic N) is 1. The molecule has 1 aromatic carbocycles. The Kier molecular flexibility index (Phi) is 3.41. The summed E-state index contributed by atoms with van der Waals surface area (Å²) in [6.45, 7) is 5.97. The molecule has 2 atom stereocenters. The van der Waals surface area contributed by atoms with Gasteiger partial charge in [0.15, 0.2) is 0 Å². The smallest absolute Gasteiger partial charge is 0.0221 e.